The van der Waals surface area contributed by atoms with Gasteiger partial charge in [0.1, 0.15) is 11.6 Å². The van der Waals surface area contributed by atoms with Crippen molar-refractivity contribution in [3.8, 4) is 0 Å². The number of hydrogen-bond donors (Lipinski definition) is 2. The average molecular weight is 423 g/mol. The molecule has 154 valence electrons. The largest absolute Gasteiger partial charge is 0.394 e. The van der Waals surface area contributed by atoms with Crippen molar-refractivity contribution in [3.05, 3.63) is 70.3 Å². The highest BCUT2D eigenvalue weighted by Gasteiger charge is 2.19. The number of ether oxygens (including phenoxy) is 1. The zero-order valence-electron chi connectivity index (χ0n) is 15.6. The number of amides is 1. The summed E-state index contributed by atoms with van der Waals surface area (Å²) in [6.45, 7) is 1.75. The fourth-order valence-electron chi connectivity index (χ4n) is 3.08. The number of nitrogens with zero attached hydrogens (tertiary/aromatic N) is 1. The fraction of sp³-hybridized carbons (Fsp3) is 0.286. The third kappa shape index (κ3) is 5.32. The Balaban J connectivity index is 1.74. The highest BCUT2D eigenvalue weighted by atomic mass is 35.5. The van der Waals surface area contributed by atoms with Crippen LogP contribution in [0.2, 0.25) is 5.02 Å². The zero-order valence-corrected chi connectivity index (χ0v) is 16.3. The molecular weight excluding hydrogens is 402 g/mol. The van der Waals surface area contributed by atoms with E-state index in [4.69, 9.17) is 16.3 Å². The molecule has 8 heteroatoms. The van der Waals surface area contributed by atoms with Crippen molar-refractivity contribution >= 4 is 29.3 Å². The van der Waals surface area contributed by atoms with E-state index in [1.54, 1.807) is 6.07 Å². The van der Waals surface area contributed by atoms with Crippen LogP contribution in [0.3, 0.4) is 0 Å². The predicted octanol–water partition coefficient (Wildman–Crippen LogP) is 3.32. The first-order valence-electron chi connectivity index (χ1n) is 9.15. The number of hydrogen-bond acceptors (Lipinski definition) is 4. The number of anilines is 1. The van der Waals surface area contributed by atoms with Crippen molar-refractivity contribution in [1.82, 2.24) is 5.32 Å². The summed E-state index contributed by atoms with van der Waals surface area (Å²) < 4.78 is 33.4. The van der Waals surface area contributed by atoms with Gasteiger partial charge in [0.05, 0.1) is 36.6 Å². The molecule has 2 aromatic carbocycles. The molecule has 1 amide bonds. The number of halogens is 3. The normalized spacial score (nSPS) is 15.5. The van der Waals surface area contributed by atoms with Gasteiger partial charge in [0.25, 0.3) is 0 Å². The van der Waals surface area contributed by atoms with Gasteiger partial charge in [-0.05, 0) is 35.9 Å². The van der Waals surface area contributed by atoms with E-state index in [1.807, 2.05) is 4.90 Å². The van der Waals surface area contributed by atoms with Crippen LogP contribution in [0.5, 0.6) is 0 Å². The maximum absolute atomic E-state index is 14.3. The Morgan fingerprint density at radius 2 is 2.00 bits per heavy atom. The lowest BCUT2D eigenvalue weighted by Gasteiger charge is -2.30. The van der Waals surface area contributed by atoms with Gasteiger partial charge in [-0.15, -0.1) is 0 Å². The molecule has 1 atom stereocenters. The van der Waals surface area contributed by atoms with Gasteiger partial charge in [-0.1, -0.05) is 23.7 Å². The second kappa shape index (κ2) is 9.82. The first-order valence-corrected chi connectivity index (χ1v) is 9.53. The third-order valence-electron chi connectivity index (χ3n) is 4.62. The molecule has 3 rings (SSSR count). The Bertz CT molecular complexity index is 881. The number of morpholine rings is 1. The number of aliphatic hydroxyl groups is 1. The second-order valence-corrected chi connectivity index (χ2v) is 6.93. The molecule has 29 heavy (non-hydrogen) atoms. The Kier molecular flexibility index (Phi) is 7.19. The van der Waals surface area contributed by atoms with Crippen LogP contribution in [-0.2, 0) is 9.53 Å². The lowest BCUT2D eigenvalue weighted by atomic mass is 10.1. The van der Waals surface area contributed by atoms with Crippen LogP contribution in [0.1, 0.15) is 17.2 Å². The van der Waals surface area contributed by atoms with Crippen molar-refractivity contribution in [2.75, 3.05) is 37.8 Å². The van der Waals surface area contributed by atoms with Crippen molar-refractivity contribution < 1.29 is 23.4 Å². The Hall–Kier alpha value is -2.48. The summed E-state index contributed by atoms with van der Waals surface area (Å²) in [5.74, 6) is -1.47. The molecule has 1 unspecified atom stereocenters. The number of rotatable bonds is 6. The van der Waals surface area contributed by atoms with E-state index >= 15 is 0 Å². The molecule has 0 aliphatic carbocycles. The van der Waals surface area contributed by atoms with E-state index in [9.17, 15) is 18.7 Å². The first-order chi connectivity index (χ1) is 14.0. The third-order valence-corrected chi connectivity index (χ3v) is 4.95. The summed E-state index contributed by atoms with van der Waals surface area (Å²) in [6, 6.07) is 7.91. The molecule has 0 aromatic heterocycles. The quantitative estimate of drug-likeness (QED) is 0.701. The molecule has 1 heterocycles. The molecule has 5 nitrogen and oxygen atoms in total. The van der Waals surface area contributed by atoms with Crippen molar-refractivity contribution in [3.63, 3.8) is 0 Å². The number of benzene rings is 2. The van der Waals surface area contributed by atoms with Crippen molar-refractivity contribution in [1.29, 1.82) is 0 Å². The molecule has 0 saturated carbocycles. The number of carbonyl (C=O) groups is 1. The molecule has 1 saturated heterocycles. The molecule has 0 spiro atoms. The first kappa shape index (κ1) is 21.2. The minimum Gasteiger partial charge on any atom is -0.394 e. The van der Waals surface area contributed by atoms with E-state index in [0.29, 0.717) is 37.6 Å². The fourth-order valence-corrected chi connectivity index (χ4v) is 3.30. The lowest BCUT2D eigenvalue weighted by Crippen LogP contribution is -2.37. The van der Waals surface area contributed by atoms with E-state index in [-0.39, 0.29) is 23.0 Å². The summed E-state index contributed by atoms with van der Waals surface area (Å²) in [6.07, 6.45) is 2.41. The maximum Gasteiger partial charge on any atom is 0.244 e. The van der Waals surface area contributed by atoms with Gasteiger partial charge in [0.2, 0.25) is 5.91 Å². The van der Waals surface area contributed by atoms with Crippen LogP contribution in [0, 0.1) is 11.6 Å². The van der Waals surface area contributed by atoms with Crippen molar-refractivity contribution in [2.24, 2.45) is 0 Å². The van der Waals surface area contributed by atoms with Gasteiger partial charge in [0.15, 0.2) is 0 Å². The average Bonchev–Trinajstić information content (AvgIpc) is 2.73. The van der Waals surface area contributed by atoms with E-state index in [1.165, 1.54) is 36.4 Å². The van der Waals surface area contributed by atoms with Gasteiger partial charge in [-0.25, -0.2) is 8.78 Å². The molecule has 2 N–H and O–H groups in total. The Labute approximate surface area is 172 Å². The molecule has 2 aromatic rings. The minimum absolute atomic E-state index is 0.0984. The van der Waals surface area contributed by atoms with Gasteiger partial charge < -0.3 is 20.1 Å². The molecule has 0 bridgehead atoms. The standard InChI is InChI=1S/C21H21ClF2N2O3/c22-16-2-1-3-17(23)15(16)5-7-21(28)25-19(13-27)14-4-6-18(24)20(12-14)26-8-10-29-11-9-26/h1-7,12,19,27H,8-11,13H2,(H,25,28)/b7-5+. The number of nitrogens with one attached hydrogen (secondary N) is 1. The SMILES string of the molecule is O=C(/C=C/c1c(F)cccc1Cl)NC(CO)c1ccc(F)c(N2CCOCC2)c1. The summed E-state index contributed by atoms with van der Waals surface area (Å²) in [5, 5.41) is 12.5. The van der Waals surface area contributed by atoms with Gasteiger partial charge in [0, 0.05) is 24.7 Å². The van der Waals surface area contributed by atoms with Crippen LogP contribution >= 0.6 is 11.6 Å². The van der Waals surface area contributed by atoms with Crippen LogP contribution in [0.15, 0.2) is 42.5 Å². The van der Waals surface area contributed by atoms with Crippen LogP contribution in [0.4, 0.5) is 14.5 Å². The Morgan fingerprint density at radius 3 is 2.69 bits per heavy atom. The molecule has 1 aliphatic rings. The molecule has 0 radical (unpaired) electrons. The lowest BCUT2D eigenvalue weighted by molar-refractivity contribution is -0.117. The molecular formula is C21H21ClF2N2O3. The second-order valence-electron chi connectivity index (χ2n) is 6.52. The van der Waals surface area contributed by atoms with Gasteiger partial charge in [-0.3, -0.25) is 4.79 Å². The van der Waals surface area contributed by atoms with Crippen LogP contribution < -0.4 is 10.2 Å². The summed E-state index contributed by atoms with van der Waals surface area (Å²) in [7, 11) is 0. The van der Waals surface area contributed by atoms with Crippen molar-refractivity contribution in [2.45, 2.75) is 6.04 Å². The van der Waals surface area contributed by atoms with Gasteiger partial charge >= 0.3 is 0 Å². The van der Waals surface area contributed by atoms with E-state index in [0.717, 1.165) is 6.08 Å². The summed E-state index contributed by atoms with van der Waals surface area (Å²) in [4.78, 5) is 14.1. The van der Waals surface area contributed by atoms with Crippen LogP contribution in [-0.4, -0.2) is 43.9 Å². The number of carbonyl (C=O) groups excluding carboxylic acids is 1. The smallest absolute Gasteiger partial charge is 0.244 e. The topological polar surface area (TPSA) is 61.8 Å². The molecule has 1 aliphatic heterocycles. The number of aliphatic hydroxyl groups excluding tert-OH is 1. The molecule has 1 fully saturated rings. The monoisotopic (exact) mass is 422 g/mol. The van der Waals surface area contributed by atoms with Gasteiger partial charge in [-0.2, -0.15) is 0 Å². The van der Waals surface area contributed by atoms with E-state index < -0.39 is 17.8 Å². The highest BCUT2D eigenvalue weighted by molar-refractivity contribution is 6.32. The highest BCUT2D eigenvalue weighted by Crippen LogP contribution is 2.25. The summed E-state index contributed by atoms with van der Waals surface area (Å²) >= 11 is 5.94. The van der Waals surface area contributed by atoms with E-state index in [2.05, 4.69) is 5.32 Å². The predicted molar refractivity (Wildman–Crippen MR) is 108 cm³/mol. The zero-order chi connectivity index (χ0) is 20.8. The van der Waals surface area contributed by atoms with Crippen LogP contribution in [0.25, 0.3) is 6.08 Å². The Morgan fingerprint density at radius 1 is 1.24 bits per heavy atom. The maximum atomic E-state index is 14.3. The summed E-state index contributed by atoms with van der Waals surface area (Å²) in [5.41, 5.74) is 1.05. The minimum atomic E-state index is -0.747.